The molecule has 3 fully saturated rings. The van der Waals surface area contributed by atoms with Crippen LogP contribution in [0.25, 0.3) is 27.6 Å². The summed E-state index contributed by atoms with van der Waals surface area (Å²) >= 11 is 1.49. The Hall–Kier alpha value is -3.03. The lowest BCUT2D eigenvalue weighted by atomic mass is 9.74. The number of nitrogens with one attached hydrogen (secondary N) is 1. The topological polar surface area (TPSA) is 93.5 Å². The molecule has 4 aromatic heterocycles. The van der Waals surface area contributed by atoms with E-state index in [4.69, 9.17) is 14.5 Å². The monoisotopic (exact) mass is 573 g/mol. The molecule has 0 unspecified atom stereocenters. The number of hydrogen-bond donors (Lipinski definition) is 1. The number of halogens is 3. The molecule has 1 aliphatic carbocycles. The quantitative estimate of drug-likeness (QED) is 0.346. The maximum Gasteiger partial charge on any atom is 0.393 e. The van der Waals surface area contributed by atoms with Crippen molar-refractivity contribution in [3.63, 3.8) is 0 Å². The van der Waals surface area contributed by atoms with E-state index in [9.17, 15) is 13.2 Å². The molecule has 9 nitrogen and oxygen atoms in total. The van der Waals surface area contributed by atoms with Gasteiger partial charge in [0.2, 0.25) is 0 Å². The lowest BCUT2D eigenvalue weighted by Crippen LogP contribution is -2.68. The van der Waals surface area contributed by atoms with Gasteiger partial charge < -0.3 is 9.47 Å². The zero-order chi connectivity index (χ0) is 27.6. The van der Waals surface area contributed by atoms with E-state index < -0.39 is 12.6 Å². The summed E-state index contributed by atoms with van der Waals surface area (Å²) in [7, 11) is 1.48. The van der Waals surface area contributed by atoms with Gasteiger partial charge in [-0.25, -0.2) is 14.5 Å². The number of likely N-dealkylation sites (tertiary alicyclic amines) is 1. The third-order valence-corrected chi connectivity index (χ3v) is 9.94. The minimum absolute atomic E-state index is 0.0599. The number of H-pyrrole nitrogens is 1. The highest BCUT2D eigenvalue weighted by atomic mass is 32.1. The van der Waals surface area contributed by atoms with Gasteiger partial charge in [-0.1, -0.05) is 0 Å². The first-order valence-electron chi connectivity index (χ1n) is 13.5. The van der Waals surface area contributed by atoms with Crippen molar-refractivity contribution in [2.24, 2.45) is 5.41 Å². The van der Waals surface area contributed by atoms with Crippen LogP contribution in [0.4, 0.5) is 13.2 Å². The summed E-state index contributed by atoms with van der Waals surface area (Å²) < 4.78 is 53.8. The number of methoxy groups -OCH3 is 1. The number of hydrogen-bond acceptors (Lipinski definition) is 8. The van der Waals surface area contributed by atoms with E-state index in [-0.39, 0.29) is 11.3 Å². The highest BCUT2D eigenvalue weighted by molar-refractivity contribution is 7.15. The van der Waals surface area contributed by atoms with Gasteiger partial charge >= 0.3 is 6.18 Å². The number of aromatic amines is 1. The first kappa shape index (κ1) is 25.9. The summed E-state index contributed by atoms with van der Waals surface area (Å²) in [5.74, 6) is 0.770. The van der Waals surface area contributed by atoms with Gasteiger partial charge in [0.1, 0.15) is 11.3 Å². The molecule has 2 saturated heterocycles. The molecule has 4 aromatic rings. The Bertz CT molecular complexity index is 1540. The van der Waals surface area contributed by atoms with Crippen LogP contribution in [0.15, 0.2) is 18.6 Å². The molecule has 7 rings (SSSR count). The summed E-state index contributed by atoms with van der Waals surface area (Å²) in [5.41, 5.74) is 2.80. The van der Waals surface area contributed by atoms with Crippen LogP contribution in [0.2, 0.25) is 0 Å². The van der Waals surface area contributed by atoms with Crippen LogP contribution >= 0.6 is 11.3 Å². The van der Waals surface area contributed by atoms with E-state index in [1.165, 1.54) is 34.2 Å². The fraction of sp³-hybridized carbons (Fsp3) is 0.556. The molecule has 1 N–H and O–H groups in total. The van der Waals surface area contributed by atoms with Crippen LogP contribution in [0.5, 0.6) is 5.75 Å². The van der Waals surface area contributed by atoms with Crippen molar-refractivity contribution < 1.29 is 22.6 Å². The SMILES string of the molecule is COc1cc(-c2n[nH]c(-c3nc(C)c(C4CCC(N5CC6(COC6)C5)CC4)s3)c2CC(F)(F)F)cn2ncnc12. The zero-order valence-corrected chi connectivity index (χ0v) is 23.1. The lowest BCUT2D eigenvalue weighted by molar-refractivity contribution is -0.200. The van der Waals surface area contributed by atoms with Gasteiger partial charge in [0.15, 0.2) is 11.4 Å². The number of alkyl halides is 3. The minimum Gasteiger partial charge on any atom is -0.493 e. The highest BCUT2D eigenvalue weighted by Crippen LogP contribution is 2.46. The van der Waals surface area contributed by atoms with Crippen molar-refractivity contribution in [3.05, 3.63) is 34.7 Å². The Labute approximate surface area is 232 Å². The average Bonchev–Trinajstić information content (AvgIpc) is 3.59. The second kappa shape index (κ2) is 9.52. The smallest absolute Gasteiger partial charge is 0.393 e. The minimum atomic E-state index is -4.43. The second-order valence-corrected chi connectivity index (χ2v) is 12.4. The number of nitrogens with zero attached hydrogens (tertiary/aromatic N) is 6. The zero-order valence-electron chi connectivity index (χ0n) is 22.3. The fourth-order valence-electron chi connectivity index (χ4n) is 6.57. The van der Waals surface area contributed by atoms with Crippen LogP contribution in [-0.2, 0) is 11.2 Å². The van der Waals surface area contributed by atoms with Crippen molar-refractivity contribution >= 4 is 17.0 Å². The van der Waals surface area contributed by atoms with E-state index in [2.05, 4.69) is 25.2 Å². The van der Waals surface area contributed by atoms with Crippen molar-refractivity contribution in [3.8, 4) is 27.7 Å². The second-order valence-electron chi connectivity index (χ2n) is 11.4. The van der Waals surface area contributed by atoms with Gasteiger partial charge in [0.25, 0.3) is 0 Å². The number of thiazole rings is 1. The normalized spacial score (nSPS) is 22.9. The number of aryl methyl sites for hydroxylation is 1. The van der Waals surface area contributed by atoms with Crippen molar-refractivity contribution in [1.29, 1.82) is 0 Å². The average molecular weight is 574 g/mol. The fourth-order valence-corrected chi connectivity index (χ4v) is 7.83. The molecule has 3 aliphatic rings. The maximum absolute atomic E-state index is 13.8. The molecule has 1 saturated carbocycles. The van der Waals surface area contributed by atoms with Crippen molar-refractivity contribution in [2.45, 2.75) is 57.2 Å². The maximum atomic E-state index is 13.8. The Balaban J connectivity index is 1.16. The van der Waals surface area contributed by atoms with E-state index in [1.54, 1.807) is 12.3 Å². The van der Waals surface area contributed by atoms with Crippen LogP contribution in [-0.4, -0.2) is 80.3 Å². The molecule has 0 radical (unpaired) electrons. The Morgan fingerprint density at radius 1 is 1.20 bits per heavy atom. The van der Waals surface area contributed by atoms with Crippen LogP contribution in [0.3, 0.4) is 0 Å². The van der Waals surface area contributed by atoms with Gasteiger partial charge in [0, 0.05) is 46.7 Å². The molecule has 13 heteroatoms. The van der Waals surface area contributed by atoms with Crippen molar-refractivity contribution in [1.82, 2.24) is 34.7 Å². The van der Waals surface area contributed by atoms with Gasteiger partial charge in [-0.05, 0) is 44.6 Å². The Morgan fingerprint density at radius 3 is 2.65 bits per heavy atom. The van der Waals surface area contributed by atoms with Gasteiger partial charge in [0.05, 0.1) is 43.8 Å². The largest absolute Gasteiger partial charge is 0.493 e. The number of pyridine rings is 1. The number of fused-ring (bicyclic) bond motifs is 1. The molecule has 0 amide bonds. The Kier molecular flexibility index (Phi) is 6.17. The molecule has 2 aliphatic heterocycles. The summed E-state index contributed by atoms with van der Waals surface area (Å²) in [6.07, 6.45) is 1.81. The standard InChI is InChI=1S/C27H30F3N7O2S/c1-15-23(16-3-5-18(6-4-16)36-10-26(11-36)12-39-13-26)40-25(33-15)22-19(8-27(28,29)30)21(34-35-22)17-7-20(38-2)24-31-14-32-37(24)9-17/h7,9,14,16,18H,3-6,8,10-13H2,1-2H3,(H,34,35). The summed E-state index contributed by atoms with van der Waals surface area (Å²) in [6, 6.07) is 2.25. The third-order valence-electron chi connectivity index (χ3n) is 8.60. The number of ether oxygens (including phenoxy) is 2. The predicted molar refractivity (Wildman–Crippen MR) is 143 cm³/mol. The molecule has 1 spiro atoms. The lowest BCUT2D eigenvalue weighted by Gasteiger charge is -2.58. The van der Waals surface area contributed by atoms with Crippen molar-refractivity contribution in [2.75, 3.05) is 33.4 Å². The Morgan fingerprint density at radius 2 is 1.98 bits per heavy atom. The number of aromatic nitrogens is 6. The van der Waals surface area contributed by atoms with Crippen LogP contribution in [0, 0.1) is 12.3 Å². The number of rotatable bonds is 6. The molecule has 0 bridgehead atoms. The van der Waals surface area contributed by atoms with E-state index in [0.29, 0.717) is 45.0 Å². The molecule has 40 heavy (non-hydrogen) atoms. The highest BCUT2D eigenvalue weighted by Gasteiger charge is 2.51. The van der Waals surface area contributed by atoms with E-state index in [1.807, 2.05) is 6.92 Å². The van der Waals surface area contributed by atoms with Crippen LogP contribution < -0.4 is 4.74 Å². The summed E-state index contributed by atoms with van der Waals surface area (Å²) in [5, 5.41) is 11.9. The summed E-state index contributed by atoms with van der Waals surface area (Å²) in [6.45, 7) is 6.05. The van der Waals surface area contributed by atoms with Gasteiger partial charge in [-0.15, -0.1) is 11.3 Å². The van der Waals surface area contributed by atoms with E-state index >= 15 is 0 Å². The third kappa shape index (κ3) is 4.47. The van der Waals surface area contributed by atoms with E-state index in [0.717, 1.165) is 57.7 Å². The van der Waals surface area contributed by atoms with Gasteiger partial charge in [-0.2, -0.15) is 23.4 Å². The van der Waals surface area contributed by atoms with Crippen LogP contribution in [0.1, 0.15) is 47.7 Å². The first-order chi connectivity index (χ1) is 19.2. The predicted octanol–water partition coefficient (Wildman–Crippen LogP) is 5.02. The molecular formula is C27H30F3N7O2S. The molecule has 6 heterocycles. The molecule has 212 valence electrons. The molecular weight excluding hydrogens is 543 g/mol. The molecule has 0 atom stereocenters. The molecule has 0 aromatic carbocycles. The van der Waals surface area contributed by atoms with Gasteiger partial charge in [-0.3, -0.25) is 10.00 Å². The summed E-state index contributed by atoms with van der Waals surface area (Å²) in [4.78, 5) is 12.7. The first-order valence-corrected chi connectivity index (χ1v) is 14.3.